The lowest BCUT2D eigenvalue weighted by molar-refractivity contribution is 0.684. The number of nitrogens with one attached hydrogen (secondary N) is 1. The number of anilines is 1. The molecule has 0 bridgehead atoms. The summed E-state index contributed by atoms with van der Waals surface area (Å²) >= 11 is 11.5. The average molecular weight is 245 g/mol. The highest BCUT2D eigenvalue weighted by Gasteiger charge is 2.10. The van der Waals surface area contributed by atoms with Crippen molar-refractivity contribution in [3.8, 4) is 6.07 Å². The maximum atomic E-state index is 8.69. The maximum absolute atomic E-state index is 8.69. The van der Waals surface area contributed by atoms with Gasteiger partial charge in [-0.05, 0) is 5.92 Å². The van der Waals surface area contributed by atoms with Gasteiger partial charge in [0, 0.05) is 6.54 Å². The van der Waals surface area contributed by atoms with Crippen LogP contribution in [0.4, 0.5) is 5.95 Å². The molecule has 0 unspecified atom stereocenters. The van der Waals surface area contributed by atoms with E-state index in [1.54, 1.807) is 0 Å². The van der Waals surface area contributed by atoms with E-state index in [2.05, 4.69) is 29.1 Å². The van der Waals surface area contributed by atoms with Gasteiger partial charge >= 0.3 is 0 Å². The summed E-state index contributed by atoms with van der Waals surface area (Å²) in [5.74, 6) is 0.805. The van der Waals surface area contributed by atoms with E-state index < -0.39 is 0 Å². The van der Waals surface area contributed by atoms with Gasteiger partial charge in [0.25, 0.3) is 0 Å². The molecule has 0 aliphatic carbocycles. The molecule has 0 fully saturated rings. The van der Waals surface area contributed by atoms with Crippen molar-refractivity contribution in [1.29, 1.82) is 5.26 Å². The standard InChI is InChI=1S/C9H10Cl2N4/c1-5(2)4-13-9-14-7(10)6(3-12)8(11)15-9/h5H,4H2,1-2H3,(H,13,14,15). The zero-order valence-electron chi connectivity index (χ0n) is 8.38. The largest absolute Gasteiger partial charge is 0.354 e. The molecule has 0 aliphatic rings. The zero-order chi connectivity index (χ0) is 11.4. The van der Waals surface area contributed by atoms with Gasteiger partial charge < -0.3 is 5.32 Å². The van der Waals surface area contributed by atoms with E-state index in [4.69, 9.17) is 28.5 Å². The van der Waals surface area contributed by atoms with Crippen molar-refractivity contribution in [2.45, 2.75) is 13.8 Å². The smallest absolute Gasteiger partial charge is 0.225 e. The molecule has 1 heterocycles. The fraction of sp³-hybridized carbons (Fsp3) is 0.444. The van der Waals surface area contributed by atoms with Gasteiger partial charge in [0.1, 0.15) is 11.6 Å². The number of nitriles is 1. The Bertz CT molecular complexity index is 375. The Kier molecular flexibility index (Phi) is 4.13. The summed E-state index contributed by atoms with van der Waals surface area (Å²) in [5, 5.41) is 11.8. The minimum absolute atomic E-state index is 0.0729. The van der Waals surface area contributed by atoms with Crippen LogP contribution in [-0.2, 0) is 0 Å². The van der Waals surface area contributed by atoms with E-state index in [1.165, 1.54) is 0 Å². The highest BCUT2D eigenvalue weighted by atomic mass is 35.5. The maximum Gasteiger partial charge on any atom is 0.225 e. The minimum Gasteiger partial charge on any atom is -0.354 e. The first-order valence-electron chi connectivity index (χ1n) is 4.41. The van der Waals surface area contributed by atoms with E-state index in [1.807, 2.05) is 6.07 Å². The van der Waals surface area contributed by atoms with Crippen molar-refractivity contribution in [3.63, 3.8) is 0 Å². The summed E-state index contributed by atoms with van der Waals surface area (Å²) in [5.41, 5.74) is 0.105. The lowest BCUT2D eigenvalue weighted by Crippen LogP contribution is -2.11. The second-order valence-corrected chi connectivity index (χ2v) is 4.11. The van der Waals surface area contributed by atoms with Gasteiger partial charge in [-0.1, -0.05) is 37.0 Å². The van der Waals surface area contributed by atoms with Crippen LogP contribution in [0, 0.1) is 17.2 Å². The third-order valence-electron chi connectivity index (χ3n) is 1.60. The summed E-state index contributed by atoms with van der Waals surface area (Å²) < 4.78 is 0. The quantitative estimate of drug-likeness (QED) is 0.831. The Hall–Kier alpha value is -1.05. The molecule has 0 saturated carbocycles. The van der Waals surface area contributed by atoms with Crippen molar-refractivity contribution >= 4 is 29.2 Å². The third kappa shape index (κ3) is 3.22. The van der Waals surface area contributed by atoms with Crippen LogP contribution in [0.3, 0.4) is 0 Å². The average Bonchev–Trinajstić information content (AvgIpc) is 2.14. The molecule has 0 atom stereocenters. The van der Waals surface area contributed by atoms with Gasteiger partial charge in [0.2, 0.25) is 5.95 Å². The topological polar surface area (TPSA) is 61.6 Å². The first kappa shape index (κ1) is 12.0. The molecular formula is C9H10Cl2N4. The van der Waals surface area contributed by atoms with Crippen LogP contribution in [0.15, 0.2) is 0 Å². The Morgan fingerprint density at radius 2 is 1.87 bits per heavy atom. The third-order valence-corrected chi connectivity index (χ3v) is 2.15. The summed E-state index contributed by atoms with van der Waals surface area (Å²) in [6, 6.07) is 1.84. The highest BCUT2D eigenvalue weighted by Crippen LogP contribution is 2.21. The molecule has 6 heteroatoms. The van der Waals surface area contributed by atoms with Crippen LogP contribution in [-0.4, -0.2) is 16.5 Å². The molecular weight excluding hydrogens is 235 g/mol. The van der Waals surface area contributed by atoms with Crippen LogP contribution in [0.2, 0.25) is 10.3 Å². The van der Waals surface area contributed by atoms with Crippen molar-refractivity contribution in [1.82, 2.24) is 9.97 Å². The second-order valence-electron chi connectivity index (χ2n) is 3.39. The predicted octanol–water partition coefficient (Wildman–Crippen LogP) is 2.72. The summed E-state index contributed by atoms with van der Waals surface area (Å²) in [4.78, 5) is 7.83. The Balaban J connectivity index is 2.90. The van der Waals surface area contributed by atoms with E-state index in [0.29, 0.717) is 11.9 Å². The van der Waals surface area contributed by atoms with E-state index in [9.17, 15) is 0 Å². The monoisotopic (exact) mass is 244 g/mol. The SMILES string of the molecule is CC(C)CNc1nc(Cl)c(C#N)c(Cl)n1. The molecule has 0 amide bonds. The van der Waals surface area contributed by atoms with Gasteiger partial charge in [-0.25, -0.2) is 0 Å². The highest BCUT2D eigenvalue weighted by molar-refractivity contribution is 6.35. The first-order valence-corrected chi connectivity index (χ1v) is 5.17. The zero-order valence-corrected chi connectivity index (χ0v) is 9.89. The number of hydrogen-bond donors (Lipinski definition) is 1. The molecule has 15 heavy (non-hydrogen) atoms. The molecule has 0 aliphatic heterocycles. The van der Waals surface area contributed by atoms with Crippen LogP contribution in [0.1, 0.15) is 19.4 Å². The molecule has 4 nitrogen and oxygen atoms in total. The molecule has 0 aromatic carbocycles. The molecule has 1 N–H and O–H groups in total. The molecule has 1 rings (SSSR count). The second kappa shape index (κ2) is 5.15. The number of hydrogen-bond acceptors (Lipinski definition) is 4. The van der Waals surface area contributed by atoms with Gasteiger partial charge in [0.05, 0.1) is 0 Å². The van der Waals surface area contributed by atoms with Gasteiger partial charge in [0.15, 0.2) is 10.3 Å². The van der Waals surface area contributed by atoms with Gasteiger partial charge in [-0.2, -0.15) is 15.2 Å². The fourth-order valence-electron chi connectivity index (χ4n) is 0.875. The van der Waals surface area contributed by atoms with Crippen molar-refractivity contribution in [3.05, 3.63) is 15.9 Å². The summed E-state index contributed by atoms with van der Waals surface area (Å²) in [6.45, 7) is 4.83. The Morgan fingerprint density at radius 3 is 2.27 bits per heavy atom. The Morgan fingerprint density at radius 1 is 1.33 bits per heavy atom. The fourth-order valence-corrected chi connectivity index (χ4v) is 1.35. The molecule has 0 saturated heterocycles. The number of rotatable bonds is 3. The summed E-state index contributed by atoms with van der Waals surface area (Å²) in [6.07, 6.45) is 0. The van der Waals surface area contributed by atoms with Crippen molar-refractivity contribution in [2.24, 2.45) is 5.92 Å². The van der Waals surface area contributed by atoms with Crippen molar-refractivity contribution in [2.75, 3.05) is 11.9 Å². The lowest BCUT2D eigenvalue weighted by atomic mass is 10.2. The number of halogens is 2. The number of nitrogens with zero attached hydrogens (tertiary/aromatic N) is 3. The molecule has 0 spiro atoms. The van der Waals surface area contributed by atoms with E-state index in [-0.39, 0.29) is 15.9 Å². The van der Waals surface area contributed by atoms with Crippen LogP contribution in [0.5, 0.6) is 0 Å². The lowest BCUT2D eigenvalue weighted by Gasteiger charge is -2.08. The Labute approximate surface area is 98.2 Å². The van der Waals surface area contributed by atoms with Crippen LogP contribution < -0.4 is 5.32 Å². The summed E-state index contributed by atoms with van der Waals surface area (Å²) in [7, 11) is 0. The van der Waals surface area contributed by atoms with Gasteiger partial charge in [-0.3, -0.25) is 0 Å². The molecule has 80 valence electrons. The van der Waals surface area contributed by atoms with E-state index in [0.717, 1.165) is 6.54 Å². The minimum atomic E-state index is 0.0729. The van der Waals surface area contributed by atoms with E-state index >= 15 is 0 Å². The molecule has 1 aromatic rings. The van der Waals surface area contributed by atoms with Crippen molar-refractivity contribution < 1.29 is 0 Å². The normalized spacial score (nSPS) is 10.1. The predicted molar refractivity (Wildman–Crippen MR) is 60.1 cm³/mol. The van der Waals surface area contributed by atoms with Crippen LogP contribution >= 0.6 is 23.2 Å². The van der Waals surface area contributed by atoms with Crippen LogP contribution in [0.25, 0.3) is 0 Å². The molecule has 0 radical (unpaired) electrons. The van der Waals surface area contributed by atoms with Gasteiger partial charge in [-0.15, -0.1) is 0 Å². The first-order chi connectivity index (χ1) is 7.04. The number of aromatic nitrogens is 2. The molecule has 1 aromatic heterocycles.